The van der Waals surface area contributed by atoms with Crippen molar-refractivity contribution in [2.75, 3.05) is 0 Å². The minimum atomic E-state index is -0.0394. The van der Waals surface area contributed by atoms with Crippen LogP contribution in [0.25, 0.3) is 0 Å². The zero-order valence-corrected chi connectivity index (χ0v) is 7.39. The van der Waals surface area contributed by atoms with Gasteiger partial charge in [-0.2, -0.15) is 0 Å². The Balaban J connectivity index is 2.79. The molecule has 1 aromatic rings. The summed E-state index contributed by atoms with van der Waals surface area (Å²) >= 11 is 1.44. The fourth-order valence-electron chi connectivity index (χ4n) is 0.969. The van der Waals surface area contributed by atoms with Gasteiger partial charge < -0.3 is 0 Å². The Kier molecular flexibility index (Phi) is 2.70. The van der Waals surface area contributed by atoms with Crippen molar-refractivity contribution in [2.24, 2.45) is 0 Å². The van der Waals surface area contributed by atoms with Crippen LogP contribution in [0.4, 0.5) is 0 Å². The van der Waals surface area contributed by atoms with Gasteiger partial charge in [-0.3, -0.25) is 4.79 Å². The zero-order valence-electron chi connectivity index (χ0n) is 6.57. The third kappa shape index (κ3) is 1.83. The Morgan fingerprint density at radius 2 is 2.55 bits per heavy atom. The van der Waals surface area contributed by atoms with Crippen molar-refractivity contribution in [1.29, 1.82) is 0 Å². The molecular weight excluding hydrogens is 160 g/mol. The quantitative estimate of drug-likeness (QED) is 0.692. The lowest BCUT2D eigenvalue weighted by Crippen LogP contribution is -2.06. The van der Waals surface area contributed by atoms with Crippen molar-refractivity contribution < 1.29 is 4.79 Å². The summed E-state index contributed by atoms with van der Waals surface area (Å²) in [5.74, 6) is 0.131. The van der Waals surface area contributed by atoms with Gasteiger partial charge in [0.25, 0.3) is 0 Å². The van der Waals surface area contributed by atoms with Crippen molar-refractivity contribution >= 4 is 17.1 Å². The molecule has 4 heteroatoms. The topological polar surface area (TPSA) is 42.9 Å². The van der Waals surface area contributed by atoms with Crippen LogP contribution in [-0.2, 0) is 4.79 Å². The van der Waals surface area contributed by atoms with Crippen LogP contribution in [0.2, 0.25) is 0 Å². The number of hydrogen-bond donors (Lipinski definition) is 0. The predicted octanol–water partition coefficient (Wildman–Crippen LogP) is 1.62. The molecule has 0 aromatic carbocycles. The number of carbonyl (C=O) groups excluding carboxylic acids is 1. The summed E-state index contributed by atoms with van der Waals surface area (Å²) in [5, 5.41) is 8.38. The van der Waals surface area contributed by atoms with Crippen molar-refractivity contribution in [1.82, 2.24) is 10.2 Å². The molecule has 11 heavy (non-hydrogen) atoms. The van der Waals surface area contributed by atoms with Crippen molar-refractivity contribution in [2.45, 2.75) is 26.2 Å². The highest BCUT2D eigenvalue weighted by atomic mass is 32.1. The van der Waals surface area contributed by atoms with E-state index in [1.165, 1.54) is 11.3 Å². The Hall–Kier alpha value is -0.770. The second-order valence-corrected chi connectivity index (χ2v) is 3.21. The highest BCUT2D eigenvalue weighted by Gasteiger charge is 2.16. The van der Waals surface area contributed by atoms with Gasteiger partial charge in [0.05, 0.1) is 5.92 Å². The van der Waals surface area contributed by atoms with Gasteiger partial charge in [-0.1, -0.05) is 6.92 Å². The molecule has 1 aromatic heterocycles. The number of Topliss-reactive ketones (excluding diaryl/α,β-unsaturated/α-hetero) is 1. The maximum atomic E-state index is 11.0. The average molecular weight is 170 g/mol. The van der Waals surface area contributed by atoms with Crippen LogP contribution in [0, 0.1) is 0 Å². The number of ketones is 1. The summed E-state index contributed by atoms with van der Waals surface area (Å²) in [7, 11) is 0. The predicted molar refractivity (Wildman–Crippen MR) is 43.6 cm³/mol. The number of aromatic nitrogens is 2. The lowest BCUT2D eigenvalue weighted by atomic mass is 10.0. The highest BCUT2D eigenvalue weighted by Crippen LogP contribution is 2.20. The molecule has 0 bridgehead atoms. The van der Waals surface area contributed by atoms with Crippen molar-refractivity contribution in [3.63, 3.8) is 0 Å². The first kappa shape index (κ1) is 8.33. The van der Waals surface area contributed by atoms with Crippen molar-refractivity contribution in [3.05, 3.63) is 10.5 Å². The standard InChI is InChI=1S/C7H10N2OS/c1-3-6(5(2)10)7-9-8-4-11-7/h4,6H,3H2,1-2H3. The lowest BCUT2D eigenvalue weighted by Gasteiger charge is -2.04. The fourth-order valence-corrected chi connectivity index (χ4v) is 1.76. The molecule has 1 heterocycles. The summed E-state index contributed by atoms with van der Waals surface area (Å²) in [6.45, 7) is 3.57. The number of carbonyl (C=O) groups is 1. The normalized spacial score (nSPS) is 12.9. The molecule has 60 valence electrons. The Morgan fingerprint density at radius 3 is 2.91 bits per heavy atom. The third-order valence-electron chi connectivity index (χ3n) is 1.57. The Morgan fingerprint density at radius 1 is 1.82 bits per heavy atom. The van der Waals surface area contributed by atoms with Crippen LogP contribution in [0.1, 0.15) is 31.2 Å². The number of rotatable bonds is 3. The van der Waals surface area contributed by atoms with Gasteiger partial charge >= 0.3 is 0 Å². The fraction of sp³-hybridized carbons (Fsp3) is 0.571. The third-order valence-corrected chi connectivity index (χ3v) is 2.38. The molecule has 1 unspecified atom stereocenters. The summed E-state index contributed by atoms with van der Waals surface area (Å²) in [6.07, 6.45) is 0.810. The average Bonchev–Trinajstić information content (AvgIpc) is 2.40. The van der Waals surface area contributed by atoms with Crippen LogP contribution >= 0.6 is 11.3 Å². The van der Waals surface area contributed by atoms with E-state index in [9.17, 15) is 4.79 Å². The van der Waals surface area contributed by atoms with E-state index in [-0.39, 0.29) is 11.7 Å². The van der Waals surface area contributed by atoms with E-state index >= 15 is 0 Å². The van der Waals surface area contributed by atoms with E-state index in [1.54, 1.807) is 12.4 Å². The molecule has 0 aliphatic heterocycles. The highest BCUT2D eigenvalue weighted by molar-refractivity contribution is 7.09. The maximum absolute atomic E-state index is 11.0. The van der Waals surface area contributed by atoms with Crippen LogP contribution in [0.3, 0.4) is 0 Å². The molecule has 0 saturated heterocycles. The van der Waals surface area contributed by atoms with Crippen LogP contribution in [0.5, 0.6) is 0 Å². The first-order valence-corrected chi connectivity index (χ1v) is 4.40. The summed E-state index contributed by atoms with van der Waals surface area (Å²) in [5.41, 5.74) is 1.65. The van der Waals surface area contributed by atoms with E-state index in [0.717, 1.165) is 11.4 Å². The maximum Gasteiger partial charge on any atom is 0.139 e. The molecule has 3 nitrogen and oxygen atoms in total. The molecule has 0 spiro atoms. The summed E-state index contributed by atoms with van der Waals surface area (Å²) in [6, 6.07) is 0. The van der Waals surface area contributed by atoms with Crippen molar-refractivity contribution in [3.8, 4) is 0 Å². The molecule has 0 saturated carbocycles. The van der Waals surface area contributed by atoms with E-state index in [1.807, 2.05) is 6.92 Å². The van der Waals surface area contributed by atoms with E-state index in [4.69, 9.17) is 0 Å². The second kappa shape index (κ2) is 3.57. The van der Waals surface area contributed by atoms with Crippen LogP contribution < -0.4 is 0 Å². The molecule has 1 atom stereocenters. The van der Waals surface area contributed by atoms with E-state index < -0.39 is 0 Å². The lowest BCUT2D eigenvalue weighted by molar-refractivity contribution is -0.118. The van der Waals surface area contributed by atoms with Gasteiger partial charge in [0.1, 0.15) is 16.3 Å². The Bertz CT molecular complexity index is 233. The van der Waals surface area contributed by atoms with Gasteiger partial charge in [0.2, 0.25) is 0 Å². The van der Waals surface area contributed by atoms with Crippen LogP contribution in [-0.4, -0.2) is 16.0 Å². The Labute approximate surface area is 69.5 Å². The van der Waals surface area contributed by atoms with Gasteiger partial charge in [-0.05, 0) is 13.3 Å². The van der Waals surface area contributed by atoms with Gasteiger partial charge in [-0.25, -0.2) is 0 Å². The summed E-state index contributed by atoms with van der Waals surface area (Å²) < 4.78 is 0. The molecule has 0 aliphatic carbocycles. The monoisotopic (exact) mass is 170 g/mol. The van der Waals surface area contributed by atoms with Gasteiger partial charge in [-0.15, -0.1) is 21.5 Å². The van der Waals surface area contributed by atoms with E-state index in [2.05, 4.69) is 10.2 Å². The molecule has 0 radical (unpaired) electrons. The SMILES string of the molecule is CCC(C(C)=O)c1nncs1. The first-order chi connectivity index (χ1) is 5.25. The number of hydrogen-bond acceptors (Lipinski definition) is 4. The molecule has 0 fully saturated rings. The molecule has 0 amide bonds. The minimum absolute atomic E-state index is 0.0394. The molecule has 0 N–H and O–H groups in total. The molecular formula is C7H10N2OS. The smallest absolute Gasteiger partial charge is 0.139 e. The largest absolute Gasteiger partial charge is 0.299 e. The molecule has 0 aliphatic rings. The second-order valence-electron chi connectivity index (χ2n) is 2.35. The van der Waals surface area contributed by atoms with Gasteiger partial charge in [0, 0.05) is 0 Å². The summed E-state index contributed by atoms with van der Waals surface area (Å²) in [4.78, 5) is 11.0. The molecule has 1 rings (SSSR count). The number of nitrogens with zero attached hydrogens (tertiary/aromatic N) is 2. The van der Waals surface area contributed by atoms with Crippen LogP contribution in [0.15, 0.2) is 5.51 Å². The minimum Gasteiger partial charge on any atom is -0.299 e. The van der Waals surface area contributed by atoms with Gasteiger partial charge in [0.15, 0.2) is 0 Å². The van der Waals surface area contributed by atoms with E-state index in [0.29, 0.717) is 0 Å². The first-order valence-electron chi connectivity index (χ1n) is 3.52. The zero-order chi connectivity index (χ0) is 8.27.